The fourth-order valence-corrected chi connectivity index (χ4v) is 4.77. The third-order valence-electron chi connectivity index (χ3n) is 4.63. The normalized spacial score (nSPS) is 20.8. The fourth-order valence-electron chi connectivity index (χ4n) is 3.28. The SMILES string of the molecule is Cc1ccnn1-c1ccc(C(=O)NCCS(=O)(=O)N2CC(C)OC(C)C2)cc1. The molecule has 0 aliphatic carbocycles. The molecule has 0 radical (unpaired) electrons. The van der Waals surface area contributed by atoms with E-state index in [2.05, 4.69) is 10.4 Å². The number of aromatic nitrogens is 2. The molecule has 0 bridgehead atoms. The van der Waals surface area contributed by atoms with Crippen LogP contribution >= 0.6 is 0 Å². The zero-order chi connectivity index (χ0) is 20.3. The van der Waals surface area contributed by atoms with Crippen LogP contribution < -0.4 is 5.32 Å². The average molecular weight is 407 g/mol. The summed E-state index contributed by atoms with van der Waals surface area (Å²) in [4.78, 5) is 12.3. The van der Waals surface area contributed by atoms with Crippen LogP contribution in [0.3, 0.4) is 0 Å². The van der Waals surface area contributed by atoms with E-state index in [0.717, 1.165) is 11.4 Å². The fraction of sp³-hybridized carbons (Fsp3) is 0.474. The van der Waals surface area contributed by atoms with E-state index < -0.39 is 10.0 Å². The van der Waals surface area contributed by atoms with Gasteiger partial charge in [0.25, 0.3) is 5.91 Å². The van der Waals surface area contributed by atoms with Crippen LogP contribution in [0.4, 0.5) is 0 Å². The van der Waals surface area contributed by atoms with Gasteiger partial charge in [-0.15, -0.1) is 0 Å². The Labute approximate surface area is 165 Å². The molecule has 0 saturated carbocycles. The molecule has 8 nitrogen and oxygen atoms in total. The van der Waals surface area contributed by atoms with Crippen molar-refractivity contribution in [3.63, 3.8) is 0 Å². The van der Waals surface area contributed by atoms with E-state index in [0.29, 0.717) is 18.7 Å². The first-order chi connectivity index (χ1) is 13.3. The Kier molecular flexibility index (Phi) is 6.17. The number of nitrogens with one attached hydrogen (secondary N) is 1. The number of carbonyl (C=O) groups is 1. The smallest absolute Gasteiger partial charge is 0.251 e. The Morgan fingerprint density at radius 3 is 2.39 bits per heavy atom. The predicted octanol–water partition coefficient (Wildman–Crippen LogP) is 1.35. The first kappa shape index (κ1) is 20.5. The van der Waals surface area contributed by atoms with Gasteiger partial charge in [-0.1, -0.05) is 0 Å². The highest BCUT2D eigenvalue weighted by molar-refractivity contribution is 7.89. The maximum Gasteiger partial charge on any atom is 0.251 e. The van der Waals surface area contributed by atoms with Gasteiger partial charge < -0.3 is 10.1 Å². The quantitative estimate of drug-likeness (QED) is 0.782. The van der Waals surface area contributed by atoms with Crippen molar-refractivity contribution in [2.45, 2.75) is 33.0 Å². The van der Waals surface area contributed by atoms with E-state index in [9.17, 15) is 13.2 Å². The highest BCUT2D eigenvalue weighted by Crippen LogP contribution is 2.15. The molecule has 1 aromatic heterocycles. The van der Waals surface area contributed by atoms with Crippen LogP contribution in [0, 0.1) is 6.92 Å². The van der Waals surface area contributed by atoms with Gasteiger partial charge in [-0.05, 0) is 51.1 Å². The lowest BCUT2D eigenvalue weighted by Gasteiger charge is -2.34. The van der Waals surface area contributed by atoms with Gasteiger partial charge in [0.15, 0.2) is 0 Å². The predicted molar refractivity (Wildman–Crippen MR) is 106 cm³/mol. The van der Waals surface area contributed by atoms with Gasteiger partial charge in [0.2, 0.25) is 10.0 Å². The highest BCUT2D eigenvalue weighted by Gasteiger charge is 2.30. The number of sulfonamides is 1. The van der Waals surface area contributed by atoms with Crippen molar-refractivity contribution in [3.05, 3.63) is 47.8 Å². The molecule has 1 amide bonds. The van der Waals surface area contributed by atoms with Gasteiger partial charge in [0, 0.05) is 37.1 Å². The Balaban J connectivity index is 1.55. The summed E-state index contributed by atoms with van der Waals surface area (Å²) in [5.41, 5.74) is 2.32. The van der Waals surface area contributed by atoms with Crippen LogP contribution in [0.15, 0.2) is 36.5 Å². The Hall–Kier alpha value is -2.23. The number of aryl methyl sites for hydroxylation is 1. The molecule has 3 rings (SSSR count). The van der Waals surface area contributed by atoms with E-state index in [1.807, 2.05) is 39.0 Å². The summed E-state index contributed by atoms with van der Waals surface area (Å²) in [7, 11) is -3.44. The van der Waals surface area contributed by atoms with Crippen molar-refractivity contribution in [2.24, 2.45) is 0 Å². The van der Waals surface area contributed by atoms with Crippen molar-refractivity contribution in [1.82, 2.24) is 19.4 Å². The van der Waals surface area contributed by atoms with E-state index in [1.54, 1.807) is 23.0 Å². The Bertz CT molecular complexity index is 914. The number of hydrogen-bond donors (Lipinski definition) is 1. The van der Waals surface area contributed by atoms with Crippen LogP contribution in [-0.2, 0) is 14.8 Å². The van der Waals surface area contributed by atoms with Crippen LogP contribution in [0.5, 0.6) is 0 Å². The molecule has 1 aliphatic rings. The van der Waals surface area contributed by atoms with Crippen molar-refractivity contribution >= 4 is 15.9 Å². The zero-order valence-corrected chi connectivity index (χ0v) is 17.1. The number of benzene rings is 1. The molecule has 1 aliphatic heterocycles. The molecule has 1 saturated heterocycles. The molecule has 1 fully saturated rings. The minimum Gasteiger partial charge on any atom is -0.373 e. The van der Waals surface area contributed by atoms with E-state index >= 15 is 0 Å². The van der Waals surface area contributed by atoms with Gasteiger partial charge in [-0.25, -0.2) is 13.1 Å². The molecule has 2 atom stereocenters. The summed E-state index contributed by atoms with van der Waals surface area (Å²) in [6, 6.07) is 8.92. The molecule has 2 unspecified atom stereocenters. The largest absolute Gasteiger partial charge is 0.373 e. The van der Waals surface area contributed by atoms with Crippen molar-refractivity contribution < 1.29 is 17.9 Å². The number of ether oxygens (including phenoxy) is 1. The number of morpholine rings is 1. The topological polar surface area (TPSA) is 93.5 Å². The first-order valence-corrected chi connectivity index (χ1v) is 10.9. The number of amides is 1. The van der Waals surface area contributed by atoms with Gasteiger partial charge in [-0.2, -0.15) is 9.40 Å². The summed E-state index contributed by atoms with van der Waals surface area (Å²) in [6.45, 7) is 6.40. The molecule has 2 aromatic rings. The molecule has 1 aromatic carbocycles. The number of hydrogen-bond acceptors (Lipinski definition) is 5. The second kappa shape index (κ2) is 8.42. The summed E-state index contributed by atoms with van der Waals surface area (Å²) < 4.78 is 33.8. The maximum absolute atomic E-state index is 12.5. The maximum atomic E-state index is 12.5. The third-order valence-corrected chi connectivity index (χ3v) is 6.44. The van der Waals surface area contributed by atoms with Crippen molar-refractivity contribution in [1.29, 1.82) is 0 Å². The molecule has 9 heteroatoms. The Morgan fingerprint density at radius 2 is 1.82 bits per heavy atom. The van der Waals surface area contributed by atoms with Crippen LogP contribution in [-0.4, -0.2) is 66.0 Å². The lowest BCUT2D eigenvalue weighted by Crippen LogP contribution is -2.49. The second-order valence-electron chi connectivity index (χ2n) is 7.08. The third kappa shape index (κ3) is 4.78. The molecule has 152 valence electrons. The van der Waals surface area contributed by atoms with Gasteiger partial charge in [-0.3, -0.25) is 4.79 Å². The minimum atomic E-state index is -3.44. The van der Waals surface area contributed by atoms with Gasteiger partial charge >= 0.3 is 0 Å². The molecule has 0 spiro atoms. The molecule has 28 heavy (non-hydrogen) atoms. The van der Waals surface area contributed by atoms with Gasteiger partial charge in [0.1, 0.15) is 0 Å². The number of carbonyl (C=O) groups excluding carboxylic acids is 1. The summed E-state index contributed by atoms with van der Waals surface area (Å²) in [5, 5.41) is 6.91. The first-order valence-electron chi connectivity index (χ1n) is 9.29. The molecular weight excluding hydrogens is 380 g/mol. The average Bonchev–Trinajstić information content (AvgIpc) is 3.07. The summed E-state index contributed by atoms with van der Waals surface area (Å²) in [5.74, 6) is -0.439. The van der Waals surface area contributed by atoms with Gasteiger partial charge in [0.05, 0.1) is 23.6 Å². The number of rotatable bonds is 6. The van der Waals surface area contributed by atoms with Crippen molar-refractivity contribution in [2.75, 3.05) is 25.4 Å². The molecular formula is C19H26N4O4S. The Morgan fingerprint density at radius 1 is 1.18 bits per heavy atom. The standard InChI is InChI=1S/C19H26N4O4S/c1-14-8-9-21-23(14)18-6-4-17(5-7-18)19(24)20-10-11-28(25,26)22-12-15(2)27-16(3)13-22/h4-9,15-16H,10-13H2,1-3H3,(H,20,24). The molecule has 1 N–H and O–H groups in total. The zero-order valence-electron chi connectivity index (χ0n) is 16.3. The van der Waals surface area contributed by atoms with Crippen molar-refractivity contribution in [3.8, 4) is 5.69 Å². The molecule has 2 heterocycles. The lowest BCUT2D eigenvalue weighted by molar-refractivity contribution is -0.0440. The minimum absolute atomic E-state index is 0.0568. The monoisotopic (exact) mass is 406 g/mol. The number of nitrogens with zero attached hydrogens (tertiary/aromatic N) is 3. The summed E-state index contributed by atoms with van der Waals surface area (Å²) in [6.07, 6.45) is 1.45. The second-order valence-corrected chi connectivity index (χ2v) is 9.17. The van der Waals surface area contributed by atoms with E-state index in [-0.39, 0.29) is 30.4 Å². The van der Waals surface area contributed by atoms with Crippen LogP contribution in [0.25, 0.3) is 5.69 Å². The van der Waals surface area contributed by atoms with Crippen LogP contribution in [0.2, 0.25) is 0 Å². The van der Waals surface area contributed by atoms with E-state index in [4.69, 9.17) is 4.74 Å². The summed E-state index contributed by atoms with van der Waals surface area (Å²) >= 11 is 0. The highest BCUT2D eigenvalue weighted by atomic mass is 32.2. The van der Waals surface area contributed by atoms with E-state index in [1.165, 1.54) is 4.31 Å². The van der Waals surface area contributed by atoms with Crippen LogP contribution in [0.1, 0.15) is 29.9 Å². The lowest BCUT2D eigenvalue weighted by atomic mass is 10.2.